The first kappa shape index (κ1) is 7.06. The van der Waals surface area contributed by atoms with Crippen LogP contribution in [0.15, 0.2) is 12.1 Å². The highest BCUT2D eigenvalue weighted by atomic mass is 35.5. The van der Waals surface area contributed by atoms with E-state index in [0.29, 0.717) is 6.42 Å². The van der Waals surface area contributed by atoms with E-state index in [9.17, 15) is 5.11 Å². The van der Waals surface area contributed by atoms with Gasteiger partial charge in [0.25, 0.3) is 0 Å². The minimum atomic E-state index is -0.0448. The van der Waals surface area contributed by atoms with Gasteiger partial charge in [-0.25, -0.2) is 5.11 Å². The van der Waals surface area contributed by atoms with Crippen molar-refractivity contribution in [3.63, 3.8) is 0 Å². The van der Waals surface area contributed by atoms with E-state index in [1.165, 1.54) is 11.3 Å². The zero-order chi connectivity index (χ0) is 6.69. The van der Waals surface area contributed by atoms with Crippen LogP contribution in [0.3, 0.4) is 0 Å². The van der Waals surface area contributed by atoms with E-state index >= 15 is 0 Å². The van der Waals surface area contributed by atoms with E-state index in [1.807, 2.05) is 12.1 Å². The van der Waals surface area contributed by atoms with Crippen LogP contribution >= 0.6 is 22.9 Å². The monoisotopic (exact) mass is 161 g/mol. The maximum absolute atomic E-state index is 10.1. The van der Waals surface area contributed by atoms with Gasteiger partial charge in [-0.15, -0.1) is 11.3 Å². The lowest BCUT2D eigenvalue weighted by molar-refractivity contribution is 0.198. The molecule has 0 saturated carbocycles. The Bertz CT molecular complexity index is 185. The van der Waals surface area contributed by atoms with Crippen molar-refractivity contribution in [3.8, 4) is 0 Å². The molecule has 9 heavy (non-hydrogen) atoms. The van der Waals surface area contributed by atoms with E-state index in [2.05, 4.69) is 0 Å². The summed E-state index contributed by atoms with van der Waals surface area (Å²) in [6.45, 7) is -0.0448. The maximum atomic E-state index is 10.1. The summed E-state index contributed by atoms with van der Waals surface area (Å²) in [4.78, 5) is 1.08. The van der Waals surface area contributed by atoms with Gasteiger partial charge in [0.2, 0.25) is 0 Å². The van der Waals surface area contributed by atoms with Gasteiger partial charge in [0.05, 0.1) is 10.9 Å². The quantitative estimate of drug-likeness (QED) is 0.635. The molecule has 0 unspecified atom stereocenters. The second-order valence-electron chi connectivity index (χ2n) is 1.66. The molecule has 49 valence electrons. The summed E-state index contributed by atoms with van der Waals surface area (Å²) < 4.78 is 0.762. The van der Waals surface area contributed by atoms with Crippen LogP contribution in [0.4, 0.5) is 0 Å². The fourth-order valence-corrected chi connectivity index (χ4v) is 1.66. The van der Waals surface area contributed by atoms with Crippen molar-refractivity contribution in [3.05, 3.63) is 21.3 Å². The fraction of sp³-hybridized carbons (Fsp3) is 0.333. The molecular weight excluding hydrogens is 156 g/mol. The molecular formula is C6H6ClOS. The van der Waals surface area contributed by atoms with E-state index in [1.54, 1.807) is 0 Å². The van der Waals surface area contributed by atoms with Crippen molar-refractivity contribution in [1.29, 1.82) is 0 Å². The van der Waals surface area contributed by atoms with Crippen LogP contribution in [0, 0.1) is 0 Å². The molecule has 0 aliphatic rings. The van der Waals surface area contributed by atoms with Gasteiger partial charge < -0.3 is 0 Å². The predicted molar refractivity (Wildman–Crippen MR) is 38.6 cm³/mol. The average molecular weight is 162 g/mol. The van der Waals surface area contributed by atoms with Gasteiger partial charge in [-0.1, -0.05) is 11.6 Å². The number of halogens is 1. The summed E-state index contributed by atoms with van der Waals surface area (Å²) in [6, 6.07) is 3.71. The Balaban J connectivity index is 2.61. The maximum Gasteiger partial charge on any atom is 0.0931 e. The highest BCUT2D eigenvalue weighted by Crippen LogP contribution is 2.21. The Labute approximate surface area is 62.9 Å². The number of rotatable bonds is 2. The first-order valence-corrected chi connectivity index (χ1v) is 3.84. The molecule has 0 saturated heterocycles. The Morgan fingerprint density at radius 3 is 2.78 bits per heavy atom. The summed E-state index contributed by atoms with van der Waals surface area (Å²) in [6.07, 6.45) is 0.609. The second kappa shape index (κ2) is 3.20. The van der Waals surface area contributed by atoms with E-state index in [-0.39, 0.29) is 6.61 Å². The van der Waals surface area contributed by atoms with Crippen molar-refractivity contribution in [2.24, 2.45) is 0 Å². The van der Waals surface area contributed by atoms with Crippen molar-refractivity contribution in [2.75, 3.05) is 6.61 Å². The molecule has 1 aromatic rings. The van der Waals surface area contributed by atoms with E-state index in [0.717, 1.165) is 9.21 Å². The minimum Gasteiger partial charge on any atom is -0.236 e. The van der Waals surface area contributed by atoms with Gasteiger partial charge >= 0.3 is 0 Å². The van der Waals surface area contributed by atoms with E-state index < -0.39 is 0 Å². The molecule has 0 aliphatic carbocycles. The predicted octanol–water partition coefficient (Wildman–Crippen LogP) is 2.37. The van der Waals surface area contributed by atoms with Crippen LogP contribution < -0.4 is 0 Å². The zero-order valence-corrected chi connectivity index (χ0v) is 6.34. The number of thiophene rings is 1. The lowest BCUT2D eigenvalue weighted by Crippen LogP contribution is -1.82. The van der Waals surface area contributed by atoms with Gasteiger partial charge in [0, 0.05) is 11.3 Å². The topological polar surface area (TPSA) is 19.9 Å². The summed E-state index contributed by atoms with van der Waals surface area (Å²) >= 11 is 7.09. The van der Waals surface area contributed by atoms with E-state index in [4.69, 9.17) is 11.6 Å². The van der Waals surface area contributed by atoms with Crippen molar-refractivity contribution in [1.82, 2.24) is 0 Å². The van der Waals surface area contributed by atoms with Crippen molar-refractivity contribution >= 4 is 22.9 Å². The fourth-order valence-electron chi connectivity index (χ4n) is 0.587. The lowest BCUT2D eigenvalue weighted by Gasteiger charge is -1.84. The molecule has 0 bridgehead atoms. The van der Waals surface area contributed by atoms with Crippen molar-refractivity contribution in [2.45, 2.75) is 6.42 Å². The highest BCUT2D eigenvalue weighted by Gasteiger charge is 1.95. The molecule has 0 aliphatic heterocycles. The third-order valence-corrected chi connectivity index (χ3v) is 2.27. The molecule has 3 heteroatoms. The molecule has 0 amide bonds. The third-order valence-electron chi connectivity index (χ3n) is 0.977. The molecule has 1 radical (unpaired) electrons. The summed E-state index contributed by atoms with van der Waals surface area (Å²) in [5.41, 5.74) is 0. The van der Waals surface area contributed by atoms with Crippen LogP contribution in [0.1, 0.15) is 4.88 Å². The first-order valence-electron chi connectivity index (χ1n) is 2.65. The van der Waals surface area contributed by atoms with Crippen LogP contribution in [-0.2, 0) is 11.5 Å². The second-order valence-corrected chi connectivity index (χ2v) is 3.46. The van der Waals surface area contributed by atoms with Gasteiger partial charge in [-0.2, -0.15) is 0 Å². The highest BCUT2D eigenvalue weighted by molar-refractivity contribution is 7.16. The standard InChI is InChI=1S/C6H6ClOS/c7-6-2-1-5(9-6)3-4-8/h1-2H,3-4H2. The molecule has 0 spiro atoms. The SMILES string of the molecule is [O]CCc1ccc(Cl)s1. The zero-order valence-electron chi connectivity index (χ0n) is 4.76. The van der Waals surface area contributed by atoms with Gasteiger partial charge in [-0.3, -0.25) is 0 Å². The smallest absolute Gasteiger partial charge is 0.0931 e. The van der Waals surface area contributed by atoms with Crippen LogP contribution in [0.2, 0.25) is 4.34 Å². The first-order chi connectivity index (χ1) is 4.33. The Hall–Kier alpha value is -0.0500. The summed E-state index contributed by atoms with van der Waals surface area (Å²) in [5, 5.41) is 10.1. The summed E-state index contributed by atoms with van der Waals surface area (Å²) in [7, 11) is 0. The largest absolute Gasteiger partial charge is 0.236 e. The van der Waals surface area contributed by atoms with Crippen LogP contribution in [-0.4, -0.2) is 6.61 Å². The molecule has 0 aromatic carbocycles. The number of hydrogen-bond acceptors (Lipinski definition) is 1. The average Bonchev–Trinajstić information content (AvgIpc) is 2.17. The third kappa shape index (κ3) is 1.97. The number of hydrogen-bond donors (Lipinski definition) is 0. The summed E-state index contributed by atoms with van der Waals surface area (Å²) in [5.74, 6) is 0. The minimum absolute atomic E-state index is 0.0448. The lowest BCUT2D eigenvalue weighted by atomic mass is 10.4. The Kier molecular flexibility index (Phi) is 2.51. The van der Waals surface area contributed by atoms with Gasteiger partial charge in [-0.05, 0) is 12.1 Å². The molecule has 1 nitrogen and oxygen atoms in total. The van der Waals surface area contributed by atoms with Gasteiger partial charge in [0.1, 0.15) is 0 Å². The van der Waals surface area contributed by atoms with Crippen LogP contribution in [0.25, 0.3) is 0 Å². The molecule has 1 rings (SSSR count). The Morgan fingerprint density at radius 1 is 1.56 bits per heavy atom. The Morgan fingerprint density at radius 2 is 2.33 bits per heavy atom. The van der Waals surface area contributed by atoms with Crippen molar-refractivity contribution < 1.29 is 5.11 Å². The molecule has 0 N–H and O–H groups in total. The molecule has 1 aromatic heterocycles. The molecule has 1 heterocycles. The van der Waals surface area contributed by atoms with Crippen LogP contribution in [0.5, 0.6) is 0 Å². The van der Waals surface area contributed by atoms with Gasteiger partial charge in [0.15, 0.2) is 0 Å². The molecule has 0 fully saturated rings. The molecule has 0 atom stereocenters. The normalized spacial score (nSPS) is 10.0.